The number of ether oxygens (including phenoxy) is 1. The topological polar surface area (TPSA) is 45.7 Å². The molecule has 22 heavy (non-hydrogen) atoms. The van der Waals surface area contributed by atoms with E-state index in [0.29, 0.717) is 6.04 Å². The van der Waals surface area contributed by atoms with Gasteiger partial charge in [-0.2, -0.15) is 0 Å². The fourth-order valence-electron chi connectivity index (χ4n) is 2.79. The fraction of sp³-hybridized carbons (Fsp3) is 0.588. The summed E-state index contributed by atoms with van der Waals surface area (Å²) in [6.07, 6.45) is 7.34. The zero-order valence-electron chi connectivity index (χ0n) is 13.6. The molecule has 0 aliphatic heterocycles. The first-order valence-electron chi connectivity index (χ1n) is 7.92. The van der Waals surface area contributed by atoms with Crippen LogP contribution in [-0.2, 0) is 6.42 Å². The van der Waals surface area contributed by atoms with Crippen LogP contribution in [0, 0.1) is 0 Å². The van der Waals surface area contributed by atoms with Crippen LogP contribution in [0.15, 0.2) is 29.3 Å². The first kappa shape index (κ1) is 19.1. The van der Waals surface area contributed by atoms with Crippen molar-refractivity contribution < 1.29 is 4.74 Å². The highest BCUT2D eigenvalue weighted by Crippen LogP contribution is 2.17. The Kier molecular flexibility index (Phi) is 9.27. The van der Waals surface area contributed by atoms with Crippen LogP contribution in [0.1, 0.15) is 37.7 Å². The molecule has 0 aromatic heterocycles. The van der Waals surface area contributed by atoms with Crippen LogP contribution in [0.3, 0.4) is 0 Å². The number of aryl methyl sites for hydroxylation is 1. The lowest BCUT2D eigenvalue weighted by molar-refractivity contribution is 0.414. The molecule has 5 heteroatoms. The van der Waals surface area contributed by atoms with Gasteiger partial charge in [0.25, 0.3) is 0 Å². The predicted octanol–water partition coefficient (Wildman–Crippen LogP) is 3.35. The van der Waals surface area contributed by atoms with Crippen molar-refractivity contribution in [1.82, 2.24) is 10.6 Å². The first-order valence-corrected chi connectivity index (χ1v) is 7.92. The minimum absolute atomic E-state index is 0. The number of halogens is 1. The van der Waals surface area contributed by atoms with Crippen LogP contribution in [0.2, 0.25) is 0 Å². The van der Waals surface area contributed by atoms with E-state index < -0.39 is 0 Å². The van der Waals surface area contributed by atoms with E-state index in [1.165, 1.54) is 31.2 Å². The fourth-order valence-corrected chi connectivity index (χ4v) is 2.79. The molecule has 2 N–H and O–H groups in total. The van der Waals surface area contributed by atoms with Gasteiger partial charge >= 0.3 is 0 Å². The molecule has 1 saturated carbocycles. The number of methoxy groups -OCH3 is 1. The second-order valence-corrected chi connectivity index (χ2v) is 5.58. The van der Waals surface area contributed by atoms with E-state index >= 15 is 0 Å². The quantitative estimate of drug-likeness (QED) is 0.323. The lowest BCUT2D eigenvalue weighted by atomic mass is 10.1. The second kappa shape index (κ2) is 10.7. The van der Waals surface area contributed by atoms with E-state index in [1.54, 1.807) is 7.11 Å². The van der Waals surface area contributed by atoms with Gasteiger partial charge in [-0.25, -0.2) is 0 Å². The molecule has 1 fully saturated rings. The Morgan fingerprint density at radius 2 is 2.09 bits per heavy atom. The van der Waals surface area contributed by atoms with E-state index in [2.05, 4.69) is 27.8 Å². The molecular formula is C17H28IN3O. The number of hydrogen-bond acceptors (Lipinski definition) is 2. The number of aliphatic imine (C=N–C) groups is 1. The summed E-state index contributed by atoms with van der Waals surface area (Å²) >= 11 is 0. The normalized spacial score (nSPS) is 15.3. The van der Waals surface area contributed by atoms with Gasteiger partial charge < -0.3 is 15.4 Å². The predicted molar refractivity (Wildman–Crippen MR) is 103 cm³/mol. The van der Waals surface area contributed by atoms with E-state index in [9.17, 15) is 0 Å². The summed E-state index contributed by atoms with van der Waals surface area (Å²) in [5.74, 6) is 1.87. The van der Waals surface area contributed by atoms with Crippen molar-refractivity contribution in [3.63, 3.8) is 0 Å². The maximum Gasteiger partial charge on any atom is 0.191 e. The molecule has 124 valence electrons. The standard InChI is InChI=1S/C17H27N3O.HI/c1-18-17(20-15-9-3-4-10-15)19-12-6-8-14-7-5-11-16(13-14)21-2;/h5,7,11,13,15H,3-4,6,8-10,12H2,1-2H3,(H2,18,19,20);1H. The second-order valence-electron chi connectivity index (χ2n) is 5.58. The van der Waals surface area contributed by atoms with Gasteiger partial charge in [-0.15, -0.1) is 24.0 Å². The van der Waals surface area contributed by atoms with Gasteiger partial charge in [0.15, 0.2) is 5.96 Å². The van der Waals surface area contributed by atoms with Crippen molar-refractivity contribution in [3.8, 4) is 5.75 Å². The third-order valence-electron chi connectivity index (χ3n) is 3.99. The maximum atomic E-state index is 5.25. The molecule has 1 aliphatic carbocycles. The smallest absolute Gasteiger partial charge is 0.191 e. The van der Waals surface area contributed by atoms with Crippen molar-refractivity contribution in [2.75, 3.05) is 20.7 Å². The third kappa shape index (κ3) is 6.42. The minimum atomic E-state index is 0. The van der Waals surface area contributed by atoms with Crippen molar-refractivity contribution in [2.24, 2.45) is 4.99 Å². The zero-order valence-corrected chi connectivity index (χ0v) is 15.9. The number of nitrogens with zero attached hydrogens (tertiary/aromatic N) is 1. The Morgan fingerprint density at radius 1 is 1.32 bits per heavy atom. The highest BCUT2D eigenvalue weighted by atomic mass is 127. The lowest BCUT2D eigenvalue weighted by Crippen LogP contribution is -2.42. The largest absolute Gasteiger partial charge is 0.497 e. The summed E-state index contributed by atoms with van der Waals surface area (Å²) in [5.41, 5.74) is 1.31. The average molecular weight is 417 g/mol. The van der Waals surface area contributed by atoms with Crippen molar-refractivity contribution in [1.29, 1.82) is 0 Å². The molecule has 1 aromatic carbocycles. The molecular weight excluding hydrogens is 389 g/mol. The van der Waals surface area contributed by atoms with Gasteiger partial charge in [0.1, 0.15) is 5.75 Å². The van der Waals surface area contributed by atoms with Gasteiger partial charge in [-0.3, -0.25) is 4.99 Å². The number of hydrogen-bond donors (Lipinski definition) is 2. The molecule has 0 unspecified atom stereocenters. The van der Waals surface area contributed by atoms with Crippen LogP contribution in [0.5, 0.6) is 5.75 Å². The van der Waals surface area contributed by atoms with Crippen molar-refractivity contribution in [3.05, 3.63) is 29.8 Å². The number of rotatable bonds is 6. The Labute approximate surface area is 151 Å². The molecule has 1 aromatic rings. The molecule has 0 amide bonds. The highest BCUT2D eigenvalue weighted by Gasteiger charge is 2.15. The Bertz CT molecular complexity index is 459. The number of benzene rings is 1. The van der Waals surface area contributed by atoms with Gasteiger partial charge in [0.05, 0.1) is 7.11 Å². The van der Waals surface area contributed by atoms with Crippen molar-refractivity contribution in [2.45, 2.75) is 44.6 Å². The van der Waals surface area contributed by atoms with Crippen LogP contribution in [-0.4, -0.2) is 32.7 Å². The molecule has 0 radical (unpaired) electrons. The zero-order chi connectivity index (χ0) is 14.9. The number of guanidine groups is 1. The summed E-state index contributed by atoms with van der Waals surface area (Å²) in [5, 5.41) is 6.90. The van der Waals surface area contributed by atoms with E-state index in [0.717, 1.165) is 31.1 Å². The maximum absolute atomic E-state index is 5.25. The van der Waals surface area contributed by atoms with Gasteiger partial charge in [0, 0.05) is 19.6 Å². The Hall–Kier alpha value is -0.980. The molecule has 0 atom stereocenters. The Morgan fingerprint density at radius 3 is 2.77 bits per heavy atom. The van der Waals surface area contributed by atoms with Crippen LogP contribution < -0.4 is 15.4 Å². The minimum Gasteiger partial charge on any atom is -0.497 e. The molecule has 4 nitrogen and oxygen atoms in total. The molecule has 1 aliphatic rings. The van der Waals surface area contributed by atoms with Gasteiger partial charge in [-0.05, 0) is 43.4 Å². The van der Waals surface area contributed by atoms with Crippen LogP contribution in [0.4, 0.5) is 0 Å². The summed E-state index contributed by atoms with van der Waals surface area (Å²) in [6, 6.07) is 8.88. The molecule has 0 heterocycles. The number of nitrogens with one attached hydrogen (secondary N) is 2. The summed E-state index contributed by atoms with van der Waals surface area (Å²) in [4.78, 5) is 4.30. The van der Waals surface area contributed by atoms with Crippen LogP contribution in [0.25, 0.3) is 0 Å². The molecule has 2 rings (SSSR count). The molecule has 0 spiro atoms. The molecule has 0 saturated heterocycles. The summed E-state index contributed by atoms with van der Waals surface area (Å²) in [6.45, 7) is 0.934. The average Bonchev–Trinajstić information content (AvgIpc) is 3.03. The summed E-state index contributed by atoms with van der Waals surface area (Å²) in [7, 11) is 3.55. The monoisotopic (exact) mass is 417 g/mol. The highest BCUT2D eigenvalue weighted by molar-refractivity contribution is 14.0. The SMILES string of the molecule is CN=C(NCCCc1cccc(OC)c1)NC1CCCC1.I. The lowest BCUT2D eigenvalue weighted by Gasteiger charge is -2.16. The van der Waals surface area contributed by atoms with E-state index in [1.807, 2.05) is 19.2 Å². The van der Waals surface area contributed by atoms with Gasteiger partial charge in [-0.1, -0.05) is 25.0 Å². The van der Waals surface area contributed by atoms with Crippen molar-refractivity contribution >= 4 is 29.9 Å². The van der Waals surface area contributed by atoms with E-state index in [-0.39, 0.29) is 24.0 Å². The summed E-state index contributed by atoms with van der Waals surface area (Å²) < 4.78 is 5.25. The molecule has 0 bridgehead atoms. The van der Waals surface area contributed by atoms with Crippen LogP contribution >= 0.6 is 24.0 Å². The van der Waals surface area contributed by atoms with Gasteiger partial charge in [0.2, 0.25) is 0 Å². The Balaban J connectivity index is 0.00000242. The third-order valence-corrected chi connectivity index (χ3v) is 3.99. The van der Waals surface area contributed by atoms with E-state index in [4.69, 9.17) is 4.74 Å². The first-order chi connectivity index (χ1) is 10.3.